The highest BCUT2D eigenvalue weighted by atomic mass is 16.3. The van der Waals surface area contributed by atoms with Crippen LogP contribution < -0.4 is 0 Å². The number of carbonyl (C=O) groups is 1. The molecule has 23 heavy (non-hydrogen) atoms. The predicted molar refractivity (Wildman–Crippen MR) is 84.8 cm³/mol. The van der Waals surface area contributed by atoms with Crippen molar-refractivity contribution in [3.8, 4) is 0 Å². The van der Waals surface area contributed by atoms with Crippen molar-refractivity contribution in [3.63, 3.8) is 0 Å². The summed E-state index contributed by atoms with van der Waals surface area (Å²) in [6.07, 6.45) is 0.984. The second kappa shape index (κ2) is 6.22. The Bertz CT molecular complexity index is 565. The lowest BCUT2D eigenvalue weighted by Crippen LogP contribution is -2.54. The molecule has 2 atom stereocenters. The number of hydrogen-bond donors (Lipinski definition) is 3. The van der Waals surface area contributed by atoms with E-state index in [1.165, 1.54) is 0 Å². The monoisotopic (exact) mass is 322 g/mol. The lowest BCUT2D eigenvalue weighted by molar-refractivity contribution is -0.155. The summed E-state index contributed by atoms with van der Waals surface area (Å²) in [6.45, 7) is 4.14. The van der Waals surface area contributed by atoms with Gasteiger partial charge < -0.3 is 20.0 Å². The van der Waals surface area contributed by atoms with Crippen molar-refractivity contribution in [2.45, 2.75) is 37.9 Å². The van der Waals surface area contributed by atoms with Gasteiger partial charge in [0.25, 0.3) is 5.91 Å². The van der Waals surface area contributed by atoms with E-state index in [4.69, 9.17) is 0 Å². The van der Waals surface area contributed by atoms with Gasteiger partial charge in [-0.1, -0.05) is 0 Å². The maximum Gasteiger partial charge on any atom is 0.254 e. The summed E-state index contributed by atoms with van der Waals surface area (Å²) in [5, 5.41) is 28.0. The third-order valence-corrected chi connectivity index (χ3v) is 5.14. The van der Waals surface area contributed by atoms with Crippen LogP contribution in [0.4, 0.5) is 0 Å². The first-order chi connectivity index (χ1) is 10.9. The fourth-order valence-electron chi connectivity index (χ4n) is 3.56. The van der Waals surface area contributed by atoms with Crippen LogP contribution in [0.3, 0.4) is 0 Å². The van der Waals surface area contributed by atoms with Crippen molar-refractivity contribution < 1.29 is 15.0 Å². The third kappa shape index (κ3) is 3.41. The van der Waals surface area contributed by atoms with E-state index in [0.29, 0.717) is 45.4 Å². The first-order valence-electron chi connectivity index (χ1n) is 8.26. The van der Waals surface area contributed by atoms with Crippen molar-refractivity contribution in [1.82, 2.24) is 20.0 Å². The Balaban J connectivity index is 1.62. The number of β-amino-alcohol motifs (C(OH)–C–C–N with tert-alkyl or cyclic N) is 1. The quantitative estimate of drug-likeness (QED) is 0.700. The Labute approximate surface area is 136 Å². The first-order valence-corrected chi connectivity index (χ1v) is 8.26. The summed E-state index contributed by atoms with van der Waals surface area (Å²) in [6, 6.07) is 1.96. The Hall–Kier alpha value is -1.44. The van der Waals surface area contributed by atoms with Crippen LogP contribution in [0, 0.1) is 12.8 Å². The minimum absolute atomic E-state index is 0.0310. The standard InChI is InChI=1S/C16H26N4O3/c1-11-7-13(18-17-11)8-12-9-20(10-14(12)21)15(22)16(23)3-5-19(2)6-4-16/h7,12,14,21,23H,3-6,8-10H2,1-2H3,(H,17,18)/t12-,14-/m1/s1. The number of aliphatic hydroxyl groups excluding tert-OH is 1. The van der Waals surface area contributed by atoms with E-state index in [9.17, 15) is 15.0 Å². The number of aromatic amines is 1. The molecule has 1 aromatic rings. The zero-order valence-electron chi connectivity index (χ0n) is 13.8. The average Bonchev–Trinajstić information content (AvgIpc) is 3.08. The van der Waals surface area contributed by atoms with E-state index in [1.54, 1.807) is 4.90 Å². The van der Waals surface area contributed by atoms with Crippen LogP contribution in [0.25, 0.3) is 0 Å². The number of likely N-dealkylation sites (tertiary alicyclic amines) is 2. The summed E-state index contributed by atoms with van der Waals surface area (Å²) in [5.41, 5.74) is 0.615. The number of hydrogen-bond acceptors (Lipinski definition) is 5. The minimum atomic E-state index is -1.27. The van der Waals surface area contributed by atoms with Crippen LogP contribution in [0.15, 0.2) is 6.07 Å². The van der Waals surface area contributed by atoms with Gasteiger partial charge >= 0.3 is 0 Å². The van der Waals surface area contributed by atoms with Gasteiger partial charge in [-0.05, 0) is 39.3 Å². The van der Waals surface area contributed by atoms with Crippen LogP contribution in [-0.2, 0) is 11.2 Å². The molecule has 0 spiro atoms. The number of nitrogens with one attached hydrogen (secondary N) is 1. The summed E-state index contributed by atoms with van der Waals surface area (Å²) in [7, 11) is 1.99. The zero-order valence-corrected chi connectivity index (χ0v) is 13.8. The van der Waals surface area contributed by atoms with Crippen molar-refractivity contribution in [3.05, 3.63) is 17.5 Å². The van der Waals surface area contributed by atoms with Gasteiger partial charge in [0, 0.05) is 37.8 Å². The van der Waals surface area contributed by atoms with Gasteiger partial charge in [-0.15, -0.1) is 0 Å². The van der Waals surface area contributed by atoms with Crippen molar-refractivity contribution >= 4 is 5.91 Å². The van der Waals surface area contributed by atoms with Gasteiger partial charge in [-0.3, -0.25) is 9.89 Å². The van der Waals surface area contributed by atoms with E-state index < -0.39 is 11.7 Å². The Morgan fingerprint density at radius 2 is 2.13 bits per heavy atom. The number of nitrogens with zero attached hydrogens (tertiary/aromatic N) is 3. The number of aliphatic hydroxyl groups is 2. The molecule has 2 aliphatic rings. The largest absolute Gasteiger partial charge is 0.391 e. The summed E-state index contributed by atoms with van der Waals surface area (Å²) in [5.74, 6) is -0.262. The average molecular weight is 322 g/mol. The number of rotatable bonds is 3. The van der Waals surface area contributed by atoms with E-state index in [2.05, 4.69) is 15.1 Å². The number of piperidine rings is 1. The van der Waals surface area contributed by atoms with Gasteiger partial charge in [-0.2, -0.15) is 5.10 Å². The smallest absolute Gasteiger partial charge is 0.254 e. The van der Waals surface area contributed by atoms with E-state index in [0.717, 1.165) is 11.4 Å². The van der Waals surface area contributed by atoms with Crippen LogP contribution in [0.1, 0.15) is 24.2 Å². The second-order valence-electron chi connectivity index (χ2n) is 7.12. The van der Waals surface area contributed by atoms with Crippen LogP contribution >= 0.6 is 0 Å². The molecule has 3 rings (SSSR count). The number of carbonyl (C=O) groups excluding carboxylic acids is 1. The molecule has 0 unspecified atom stereocenters. The molecule has 0 saturated carbocycles. The molecule has 0 bridgehead atoms. The summed E-state index contributed by atoms with van der Waals surface area (Å²) >= 11 is 0. The van der Waals surface area contributed by atoms with Crippen molar-refractivity contribution in [2.75, 3.05) is 33.2 Å². The Kier molecular flexibility index (Phi) is 4.44. The number of aromatic nitrogens is 2. The van der Waals surface area contributed by atoms with Crippen LogP contribution in [0.5, 0.6) is 0 Å². The maximum atomic E-state index is 12.7. The molecule has 0 aliphatic carbocycles. The fourth-order valence-corrected chi connectivity index (χ4v) is 3.56. The van der Waals surface area contributed by atoms with E-state index >= 15 is 0 Å². The molecule has 128 valence electrons. The SMILES string of the molecule is Cc1cc(C[C@@H]2CN(C(=O)C3(O)CCN(C)CC3)C[C@H]2O)n[nH]1. The molecular formula is C16H26N4O3. The van der Waals surface area contributed by atoms with Gasteiger partial charge in [0.05, 0.1) is 11.8 Å². The van der Waals surface area contributed by atoms with Crippen LogP contribution in [0.2, 0.25) is 0 Å². The fraction of sp³-hybridized carbons (Fsp3) is 0.750. The number of aryl methyl sites for hydroxylation is 1. The van der Waals surface area contributed by atoms with E-state index in [-0.39, 0.29) is 11.8 Å². The van der Waals surface area contributed by atoms with Crippen molar-refractivity contribution in [2.24, 2.45) is 5.92 Å². The molecule has 7 nitrogen and oxygen atoms in total. The van der Waals surface area contributed by atoms with E-state index in [1.807, 2.05) is 20.0 Å². The molecule has 2 fully saturated rings. The molecule has 3 heterocycles. The molecule has 3 N–H and O–H groups in total. The lowest BCUT2D eigenvalue weighted by Gasteiger charge is -2.37. The van der Waals surface area contributed by atoms with Crippen LogP contribution in [-0.4, -0.2) is 81.0 Å². The highest BCUT2D eigenvalue weighted by molar-refractivity contribution is 5.85. The molecule has 2 aliphatic heterocycles. The maximum absolute atomic E-state index is 12.7. The lowest BCUT2D eigenvalue weighted by atomic mass is 9.90. The molecule has 1 aromatic heterocycles. The number of amides is 1. The minimum Gasteiger partial charge on any atom is -0.391 e. The highest BCUT2D eigenvalue weighted by Crippen LogP contribution is 2.28. The molecule has 1 amide bonds. The molecule has 0 aromatic carbocycles. The highest BCUT2D eigenvalue weighted by Gasteiger charge is 2.45. The van der Waals surface area contributed by atoms with Crippen molar-refractivity contribution in [1.29, 1.82) is 0 Å². The Morgan fingerprint density at radius 3 is 2.74 bits per heavy atom. The second-order valence-corrected chi connectivity index (χ2v) is 7.12. The Morgan fingerprint density at radius 1 is 1.43 bits per heavy atom. The molecule has 2 saturated heterocycles. The van der Waals surface area contributed by atoms with Gasteiger partial charge in [-0.25, -0.2) is 0 Å². The zero-order chi connectivity index (χ0) is 16.6. The molecule has 0 radical (unpaired) electrons. The summed E-state index contributed by atoms with van der Waals surface area (Å²) in [4.78, 5) is 16.4. The van der Waals surface area contributed by atoms with Gasteiger partial charge in [0.2, 0.25) is 0 Å². The topological polar surface area (TPSA) is 92.7 Å². The first kappa shape index (κ1) is 16.4. The number of H-pyrrole nitrogens is 1. The van der Waals surface area contributed by atoms with Gasteiger partial charge in [0.1, 0.15) is 5.60 Å². The normalized spacial score (nSPS) is 28.3. The predicted octanol–water partition coefficient (Wildman–Crippen LogP) is -0.463. The van der Waals surface area contributed by atoms with Gasteiger partial charge in [0.15, 0.2) is 0 Å². The molecule has 7 heteroatoms. The third-order valence-electron chi connectivity index (χ3n) is 5.14. The molecular weight excluding hydrogens is 296 g/mol. The summed E-state index contributed by atoms with van der Waals surface area (Å²) < 4.78 is 0.